The van der Waals surface area contributed by atoms with Crippen molar-refractivity contribution >= 4 is 21.7 Å². The molecular formula is C9H9ClO3S. The van der Waals surface area contributed by atoms with E-state index >= 15 is 0 Å². The van der Waals surface area contributed by atoms with E-state index in [0.29, 0.717) is 11.4 Å². The van der Waals surface area contributed by atoms with Crippen molar-refractivity contribution < 1.29 is 13.0 Å². The molecule has 0 bridgehead atoms. The van der Waals surface area contributed by atoms with Crippen molar-refractivity contribution in [2.24, 2.45) is 0 Å². The fourth-order valence-corrected chi connectivity index (χ4v) is 2.81. The molecule has 0 aliphatic heterocycles. The van der Waals surface area contributed by atoms with E-state index < -0.39 is 15.4 Å². The van der Waals surface area contributed by atoms with E-state index in [0.717, 1.165) is 5.56 Å². The summed E-state index contributed by atoms with van der Waals surface area (Å²) in [5.74, 6) is -0.0938. The monoisotopic (exact) mass is 232 g/mol. The Labute approximate surface area is 87.5 Å². The Balaban J connectivity index is 2.22. The summed E-state index contributed by atoms with van der Waals surface area (Å²) in [7, 11) is -3.88. The topological polar surface area (TPSA) is 54.4 Å². The summed E-state index contributed by atoms with van der Waals surface area (Å²) in [5, 5.41) is -0.0514. The number of benzene rings is 1. The van der Waals surface area contributed by atoms with Gasteiger partial charge in [-0.05, 0) is 24.1 Å². The van der Waals surface area contributed by atoms with Crippen LogP contribution in [0.1, 0.15) is 17.9 Å². The highest BCUT2D eigenvalue weighted by Gasteiger charge is 2.47. The standard InChI is InChI=1S/C9H9ClO3S/c10-7-3-1-2-6(4-7)8-5-9(8)14(11,12)13/h1-4,8-9H,5H2,(H,11,12,13). The first-order chi connectivity index (χ1) is 6.48. The minimum absolute atomic E-state index is 0.0938. The molecule has 0 spiro atoms. The van der Waals surface area contributed by atoms with Gasteiger partial charge in [0.2, 0.25) is 0 Å². The zero-order chi connectivity index (χ0) is 10.3. The van der Waals surface area contributed by atoms with Gasteiger partial charge in [-0.25, -0.2) is 0 Å². The van der Waals surface area contributed by atoms with Crippen LogP contribution in [0.5, 0.6) is 0 Å². The minimum Gasteiger partial charge on any atom is -0.285 e. The summed E-state index contributed by atoms with van der Waals surface area (Å²) in [6, 6.07) is 7.06. The van der Waals surface area contributed by atoms with Crippen LogP contribution in [-0.2, 0) is 10.1 Å². The molecule has 1 aromatic carbocycles. The zero-order valence-electron chi connectivity index (χ0n) is 7.22. The summed E-state index contributed by atoms with van der Waals surface area (Å²) >= 11 is 5.77. The number of hydrogen-bond acceptors (Lipinski definition) is 2. The molecule has 1 fully saturated rings. The predicted molar refractivity (Wildman–Crippen MR) is 54.1 cm³/mol. The van der Waals surface area contributed by atoms with E-state index in [-0.39, 0.29) is 5.92 Å². The second kappa shape index (κ2) is 3.22. The molecular weight excluding hydrogens is 224 g/mol. The van der Waals surface area contributed by atoms with Gasteiger partial charge in [-0.1, -0.05) is 23.7 Å². The number of hydrogen-bond donors (Lipinski definition) is 1. The Kier molecular flexibility index (Phi) is 2.29. The maximum atomic E-state index is 10.8. The van der Waals surface area contributed by atoms with Crippen LogP contribution in [0.4, 0.5) is 0 Å². The Morgan fingerprint density at radius 2 is 2.14 bits per heavy atom. The molecule has 14 heavy (non-hydrogen) atoms. The molecule has 76 valence electrons. The predicted octanol–water partition coefficient (Wildman–Crippen LogP) is 2.08. The normalized spacial score (nSPS) is 26.1. The molecule has 2 atom stereocenters. The summed E-state index contributed by atoms with van der Waals surface area (Å²) in [6.45, 7) is 0. The molecule has 3 nitrogen and oxygen atoms in total. The lowest BCUT2D eigenvalue weighted by Gasteiger charge is -1.99. The second-order valence-corrected chi connectivity index (χ2v) is 5.52. The second-order valence-electron chi connectivity index (χ2n) is 3.45. The molecule has 0 amide bonds. The van der Waals surface area contributed by atoms with Gasteiger partial charge in [0.25, 0.3) is 10.1 Å². The molecule has 1 aliphatic rings. The first kappa shape index (κ1) is 9.96. The van der Waals surface area contributed by atoms with Gasteiger partial charge in [0, 0.05) is 10.9 Å². The Bertz CT molecular complexity index is 455. The van der Waals surface area contributed by atoms with E-state index in [4.69, 9.17) is 16.2 Å². The third-order valence-corrected chi connectivity index (χ3v) is 3.91. The fraction of sp³-hybridized carbons (Fsp3) is 0.333. The molecule has 0 aromatic heterocycles. The summed E-state index contributed by atoms with van der Waals surface area (Å²) in [4.78, 5) is 0. The van der Waals surface area contributed by atoms with Crippen LogP contribution in [-0.4, -0.2) is 18.2 Å². The summed E-state index contributed by atoms with van der Waals surface area (Å²) in [5.41, 5.74) is 0.875. The lowest BCUT2D eigenvalue weighted by Crippen LogP contribution is -2.05. The smallest absolute Gasteiger partial charge is 0.268 e. The van der Waals surface area contributed by atoms with Crippen LogP contribution in [0.15, 0.2) is 24.3 Å². The molecule has 1 N–H and O–H groups in total. The van der Waals surface area contributed by atoms with Gasteiger partial charge in [0.15, 0.2) is 0 Å². The van der Waals surface area contributed by atoms with Crippen LogP contribution in [0.3, 0.4) is 0 Å². The largest absolute Gasteiger partial charge is 0.285 e. The van der Waals surface area contributed by atoms with Crippen LogP contribution in [0.2, 0.25) is 5.02 Å². The van der Waals surface area contributed by atoms with E-state index in [9.17, 15) is 8.42 Å². The van der Waals surface area contributed by atoms with E-state index in [2.05, 4.69) is 0 Å². The van der Waals surface area contributed by atoms with E-state index in [1.165, 1.54) is 0 Å². The first-order valence-corrected chi connectivity index (χ1v) is 6.08. The van der Waals surface area contributed by atoms with Crippen molar-refractivity contribution in [3.8, 4) is 0 Å². The molecule has 1 aliphatic carbocycles. The lowest BCUT2D eigenvalue weighted by atomic mass is 10.1. The summed E-state index contributed by atoms with van der Waals surface area (Å²) < 4.78 is 30.4. The van der Waals surface area contributed by atoms with Gasteiger partial charge in [0.05, 0.1) is 5.25 Å². The van der Waals surface area contributed by atoms with Gasteiger partial charge in [0.1, 0.15) is 0 Å². The first-order valence-electron chi connectivity index (χ1n) is 4.20. The highest BCUT2D eigenvalue weighted by molar-refractivity contribution is 7.86. The van der Waals surface area contributed by atoms with Gasteiger partial charge >= 0.3 is 0 Å². The average molecular weight is 233 g/mol. The van der Waals surface area contributed by atoms with Gasteiger partial charge in [-0.2, -0.15) is 8.42 Å². The number of halogens is 1. The van der Waals surface area contributed by atoms with Crippen LogP contribution >= 0.6 is 11.6 Å². The van der Waals surface area contributed by atoms with Crippen molar-refractivity contribution in [1.29, 1.82) is 0 Å². The third-order valence-electron chi connectivity index (χ3n) is 2.39. The Morgan fingerprint density at radius 1 is 1.43 bits per heavy atom. The van der Waals surface area contributed by atoms with Crippen molar-refractivity contribution in [3.63, 3.8) is 0 Å². The fourth-order valence-electron chi connectivity index (χ4n) is 1.59. The SMILES string of the molecule is O=S(=O)(O)C1CC1c1cccc(Cl)c1. The van der Waals surface area contributed by atoms with Crippen molar-refractivity contribution in [2.45, 2.75) is 17.6 Å². The van der Waals surface area contributed by atoms with Crippen molar-refractivity contribution in [3.05, 3.63) is 34.9 Å². The van der Waals surface area contributed by atoms with Crippen LogP contribution in [0.25, 0.3) is 0 Å². The highest BCUT2D eigenvalue weighted by atomic mass is 35.5. The van der Waals surface area contributed by atoms with Gasteiger partial charge in [-0.3, -0.25) is 4.55 Å². The Morgan fingerprint density at radius 3 is 2.64 bits per heavy atom. The van der Waals surface area contributed by atoms with Gasteiger partial charge < -0.3 is 0 Å². The minimum atomic E-state index is -3.88. The third kappa shape index (κ3) is 1.92. The molecule has 5 heteroatoms. The Hall–Kier alpha value is -0.580. The molecule has 2 rings (SSSR count). The molecule has 0 saturated heterocycles. The van der Waals surface area contributed by atoms with Crippen molar-refractivity contribution in [2.75, 3.05) is 0 Å². The van der Waals surface area contributed by atoms with E-state index in [1.807, 2.05) is 6.07 Å². The quantitative estimate of drug-likeness (QED) is 0.795. The number of rotatable bonds is 2. The summed E-state index contributed by atoms with van der Waals surface area (Å²) in [6.07, 6.45) is 0.485. The lowest BCUT2D eigenvalue weighted by molar-refractivity contribution is 0.480. The maximum absolute atomic E-state index is 10.8. The zero-order valence-corrected chi connectivity index (χ0v) is 8.79. The highest BCUT2D eigenvalue weighted by Crippen LogP contribution is 2.45. The maximum Gasteiger partial charge on any atom is 0.268 e. The molecule has 1 saturated carbocycles. The van der Waals surface area contributed by atoms with Crippen LogP contribution < -0.4 is 0 Å². The molecule has 0 heterocycles. The van der Waals surface area contributed by atoms with Crippen LogP contribution in [0, 0.1) is 0 Å². The molecule has 1 aromatic rings. The molecule has 2 unspecified atom stereocenters. The average Bonchev–Trinajstić information content (AvgIpc) is 2.81. The molecule has 0 radical (unpaired) electrons. The van der Waals surface area contributed by atoms with E-state index in [1.54, 1.807) is 18.2 Å². The van der Waals surface area contributed by atoms with Gasteiger partial charge in [-0.15, -0.1) is 0 Å². The van der Waals surface area contributed by atoms with Crippen molar-refractivity contribution in [1.82, 2.24) is 0 Å².